The fraction of sp³-hybridized carbons (Fsp3) is 0.833. The van der Waals surface area contributed by atoms with E-state index in [2.05, 4.69) is 5.32 Å². The second-order valence-corrected chi connectivity index (χ2v) is 4.79. The number of carbonyl (C=O) groups excluding carboxylic acids is 1. The molecule has 0 aromatic rings. The van der Waals surface area contributed by atoms with Crippen molar-refractivity contribution in [3.63, 3.8) is 0 Å². The van der Waals surface area contributed by atoms with Crippen LogP contribution >= 0.6 is 0 Å². The van der Waals surface area contributed by atoms with Crippen molar-refractivity contribution >= 4 is 12.0 Å². The SMILES string of the molecule is CC(C)CC(CNC(=O)N(CCO)CCO)C(=O)O. The van der Waals surface area contributed by atoms with Gasteiger partial charge in [-0.3, -0.25) is 4.79 Å². The minimum Gasteiger partial charge on any atom is -0.481 e. The molecule has 4 N–H and O–H groups in total. The second kappa shape index (κ2) is 9.57. The largest absolute Gasteiger partial charge is 0.481 e. The Bertz CT molecular complexity index is 277. The molecule has 0 fully saturated rings. The quantitative estimate of drug-likeness (QED) is 0.463. The standard InChI is InChI=1S/C12H24N2O5/c1-9(2)7-10(11(17)18)8-13-12(19)14(3-5-15)4-6-16/h9-10,15-16H,3-8H2,1-2H3,(H,13,19)(H,17,18). The number of nitrogens with zero attached hydrogens (tertiary/aromatic N) is 1. The number of hydrogen-bond acceptors (Lipinski definition) is 4. The molecular weight excluding hydrogens is 252 g/mol. The van der Waals surface area contributed by atoms with Crippen LogP contribution in [0, 0.1) is 11.8 Å². The Morgan fingerprint density at radius 3 is 2.05 bits per heavy atom. The van der Waals surface area contributed by atoms with Crippen LogP contribution in [0.1, 0.15) is 20.3 Å². The molecule has 0 aromatic heterocycles. The zero-order valence-corrected chi connectivity index (χ0v) is 11.5. The third-order valence-electron chi connectivity index (χ3n) is 2.63. The van der Waals surface area contributed by atoms with Crippen molar-refractivity contribution < 1.29 is 24.9 Å². The predicted molar refractivity (Wildman–Crippen MR) is 69.7 cm³/mol. The summed E-state index contributed by atoms with van der Waals surface area (Å²) >= 11 is 0. The van der Waals surface area contributed by atoms with E-state index in [9.17, 15) is 9.59 Å². The number of amides is 2. The molecule has 1 atom stereocenters. The Morgan fingerprint density at radius 2 is 1.68 bits per heavy atom. The molecule has 1 unspecified atom stereocenters. The van der Waals surface area contributed by atoms with Crippen LogP contribution < -0.4 is 5.32 Å². The molecule has 0 saturated heterocycles. The number of aliphatic hydroxyl groups excluding tert-OH is 2. The molecule has 0 aliphatic heterocycles. The van der Waals surface area contributed by atoms with Crippen molar-refractivity contribution in [2.45, 2.75) is 20.3 Å². The normalized spacial score (nSPS) is 12.3. The van der Waals surface area contributed by atoms with Gasteiger partial charge in [0.1, 0.15) is 0 Å². The lowest BCUT2D eigenvalue weighted by molar-refractivity contribution is -0.142. The van der Waals surface area contributed by atoms with Crippen molar-refractivity contribution in [2.75, 3.05) is 32.8 Å². The minimum absolute atomic E-state index is 0.0414. The first-order valence-corrected chi connectivity index (χ1v) is 6.39. The van der Waals surface area contributed by atoms with Crippen LogP contribution in [0.4, 0.5) is 4.79 Å². The van der Waals surface area contributed by atoms with E-state index >= 15 is 0 Å². The van der Waals surface area contributed by atoms with Gasteiger partial charge in [-0.25, -0.2) is 4.79 Å². The molecule has 112 valence electrons. The number of aliphatic carboxylic acids is 1. The number of hydrogen-bond donors (Lipinski definition) is 4. The molecule has 19 heavy (non-hydrogen) atoms. The zero-order valence-electron chi connectivity index (χ0n) is 11.5. The maximum atomic E-state index is 11.7. The van der Waals surface area contributed by atoms with Gasteiger partial charge < -0.3 is 25.5 Å². The molecule has 0 bridgehead atoms. The summed E-state index contributed by atoms with van der Waals surface area (Å²) in [5, 5.41) is 29.2. The Labute approximate surface area is 113 Å². The van der Waals surface area contributed by atoms with Gasteiger partial charge >= 0.3 is 12.0 Å². The van der Waals surface area contributed by atoms with Gasteiger partial charge in [-0.1, -0.05) is 13.8 Å². The molecule has 7 heteroatoms. The first-order chi connectivity index (χ1) is 8.92. The Hall–Kier alpha value is -1.34. The van der Waals surface area contributed by atoms with E-state index in [-0.39, 0.29) is 38.8 Å². The Morgan fingerprint density at radius 1 is 1.16 bits per heavy atom. The van der Waals surface area contributed by atoms with Crippen LogP contribution in [0.3, 0.4) is 0 Å². The van der Waals surface area contributed by atoms with Crippen molar-refractivity contribution in [1.29, 1.82) is 0 Å². The van der Waals surface area contributed by atoms with Crippen molar-refractivity contribution in [1.82, 2.24) is 10.2 Å². The number of aliphatic hydroxyl groups is 2. The lowest BCUT2D eigenvalue weighted by Crippen LogP contribution is -2.45. The molecule has 0 spiro atoms. The molecule has 0 aromatic carbocycles. The van der Waals surface area contributed by atoms with Gasteiger partial charge in [0.15, 0.2) is 0 Å². The molecule has 0 rings (SSSR count). The van der Waals surface area contributed by atoms with Crippen molar-refractivity contribution in [3.05, 3.63) is 0 Å². The molecule has 0 aliphatic carbocycles. The number of carbonyl (C=O) groups is 2. The first kappa shape index (κ1) is 17.7. The van der Waals surface area contributed by atoms with Crippen LogP contribution in [-0.4, -0.2) is 65.1 Å². The number of urea groups is 1. The van der Waals surface area contributed by atoms with Gasteiger partial charge in [0.05, 0.1) is 19.1 Å². The fourth-order valence-corrected chi connectivity index (χ4v) is 1.72. The maximum absolute atomic E-state index is 11.7. The highest BCUT2D eigenvalue weighted by Gasteiger charge is 2.21. The lowest BCUT2D eigenvalue weighted by atomic mass is 9.97. The minimum atomic E-state index is -0.940. The maximum Gasteiger partial charge on any atom is 0.317 e. The van der Waals surface area contributed by atoms with E-state index < -0.39 is 17.9 Å². The van der Waals surface area contributed by atoms with Crippen molar-refractivity contribution in [3.8, 4) is 0 Å². The van der Waals surface area contributed by atoms with E-state index in [0.717, 1.165) is 0 Å². The van der Waals surface area contributed by atoms with Crippen LogP contribution in [0.25, 0.3) is 0 Å². The molecule has 0 saturated carbocycles. The fourth-order valence-electron chi connectivity index (χ4n) is 1.72. The second-order valence-electron chi connectivity index (χ2n) is 4.79. The molecule has 2 amide bonds. The Kier molecular flexibility index (Phi) is 8.90. The molecule has 0 aliphatic rings. The lowest BCUT2D eigenvalue weighted by Gasteiger charge is -2.22. The van der Waals surface area contributed by atoms with E-state index in [1.165, 1.54) is 4.90 Å². The average Bonchev–Trinajstić information content (AvgIpc) is 2.33. The Balaban J connectivity index is 4.32. The third-order valence-corrected chi connectivity index (χ3v) is 2.63. The van der Waals surface area contributed by atoms with Gasteiger partial charge in [-0.2, -0.15) is 0 Å². The van der Waals surface area contributed by atoms with Crippen LogP contribution in [0.15, 0.2) is 0 Å². The number of rotatable bonds is 9. The summed E-state index contributed by atoms with van der Waals surface area (Å²) < 4.78 is 0. The zero-order chi connectivity index (χ0) is 14.8. The van der Waals surface area contributed by atoms with Crippen LogP contribution in [-0.2, 0) is 4.79 Å². The van der Waals surface area contributed by atoms with E-state index in [4.69, 9.17) is 15.3 Å². The highest BCUT2D eigenvalue weighted by atomic mass is 16.4. The average molecular weight is 276 g/mol. The van der Waals surface area contributed by atoms with Gasteiger partial charge in [0, 0.05) is 19.6 Å². The molecule has 0 heterocycles. The van der Waals surface area contributed by atoms with Crippen molar-refractivity contribution in [2.24, 2.45) is 11.8 Å². The molecule has 0 radical (unpaired) electrons. The summed E-state index contributed by atoms with van der Waals surface area (Å²) in [4.78, 5) is 24.0. The monoisotopic (exact) mass is 276 g/mol. The van der Waals surface area contributed by atoms with Gasteiger partial charge in [-0.15, -0.1) is 0 Å². The number of carboxylic acids is 1. The number of nitrogens with one attached hydrogen (secondary N) is 1. The highest BCUT2D eigenvalue weighted by Crippen LogP contribution is 2.11. The molecular formula is C12H24N2O5. The van der Waals surface area contributed by atoms with E-state index in [0.29, 0.717) is 6.42 Å². The van der Waals surface area contributed by atoms with Crippen LogP contribution in [0.5, 0.6) is 0 Å². The van der Waals surface area contributed by atoms with Gasteiger partial charge in [0.2, 0.25) is 0 Å². The predicted octanol–water partition coefficient (Wildman–Crippen LogP) is -0.270. The first-order valence-electron chi connectivity index (χ1n) is 6.39. The summed E-state index contributed by atoms with van der Waals surface area (Å²) in [5.41, 5.74) is 0. The summed E-state index contributed by atoms with van der Waals surface area (Å²) in [6.07, 6.45) is 0.482. The summed E-state index contributed by atoms with van der Waals surface area (Å²) in [6, 6.07) is -0.474. The third kappa shape index (κ3) is 7.63. The van der Waals surface area contributed by atoms with E-state index in [1.54, 1.807) is 0 Å². The topological polar surface area (TPSA) is 110 Å². The van der Waals surface area contributed by atoms with Crippen LogP contribution in [0.2, 0.25) is 0 Å². The smallest absolute Gasteiger partial charge is 0.317 e. The van der Waals surface area contributed by atoms with Gasteiger partial charge in [-0.05, 0) is 12.3 Å². The molecule has 7 nitrogen and oxygen atoms in total. The number of carboxylic acid groups (broad SMARTS) is 1. The summed E-state index contributed by atoms with van der Waals surface area (Å²) in [7, 11) is 0. The summed E-state index contributed by atoms with van der Waals surface area (Å²) in [5.74, 6) is -1.34. The highest BCUT2D eigenvalue weighted by molar-refractivity contribution is 5.76. The van der Waals surface area contributed by atoms with Gasteiger partial charge in [0.25, 0.3) is 0 Å². The summed E-state index contributed by atoms with van der Waals surface area (Å²) in [6.45, 7) is 3.68. The van der Waals surface area contributed by atoms with E-state index in [1.807, 2.05) is 13.8 Å².